The summed E-state index contributed by atoms with van der Waals surface area (Å²) in [6, 6.07) is 0. The third-order valence-electron chi connectivity index (χ3n) is 1.80. The van der Waals surface area contributed by atoms with Gasteiger partial charge in [-0.25, -0.2) is 0 Å². The standard InChI is InChI=1S/C10H21NO2S/c1-8(2)4-5-11-10(13)7-14-9(3)6-12/h8-9,12H,4-7H2,1-3H3,(H,11,13). The number of aliphatic hydroxyl groups excluding tert-OH is 1. The predicted molar refractivity (Wildman–Crippen MR) is 61.5 cm³/mol. The Balaban J connectivity index is 3.37. The summed E-state index contributed by atoms with van der Waals surface area (Å²) in [5.74, 6) is 1.13. The molecular weight excluding hydrogens is 198 g/mol. The summed E-state index contributed by atoms with van der Waals surface area (Å²) in [4.78, 5) is 11.2. The highest BCUT2D eigenvalue weighted by atomic mass is 32.2. The Labute approximate surface area is 90.7 Å². The van der Waals surface area contributed by atoms with Crippen LogP contribution in [0.25, 0.3) is 0 Å². The van der Waals surface area contributed by atoms with Crippen LogP contribution in [0.4, 0.5) is 0 Å². The number of hydrogen-bond acceptors (Lipinski definition) is 3. The second kappa shape index (κ2) is 8.12. The summed E-state index contributed by atoms with van der Waals surface area (Å²) in [5, 5.41) is 11.7. The molecule has 2 N–H and O–H groups in total. The molecule has 0 aromatic heterocycles. The molecule has 84 valence electrons. The molecule has 1 atom stereocenters. The van der Waals surface area contributed by atoms with E-state index in [1.54, 1.807) is 0 Å². The van der Waals surface area contributed by atoms with E-state index in [4.69, 9.17) is 5.11 Å². The molecule has 0 aromatic rings. The first-order chi connectivity index (χ1) is 6.56. The van der Waals surface area contributed by atoms with Gasteiger partial charge in [-0.1, -0.05) is 20.8 Å². The summed E-state index contributed by atoms with van der Waals surface area (Å²) < 4.78 is 0. The third-order valence-corrected chi connectivity index (χ3v) is 2.95. The lowest BCUT2D eigenvalue weighted by Crippen LogP contribution is -2.27. The normalized spacial score (nSPS) is 12.9. The van der Waals surface area contributed by atoms with Gasteiger partial charge in [-0.15, -0.1) is 11.8 Å². The van der Waals surface area contributed by atoms with Crippen molar-refractivity contribution in [3.63, 3.8) is 0 Å². The van der Waals surface area contributed by atoms with E-state index in [-0.39, 0.29) is 17.8 Å². The first kappa shape index (κ1) is 13.8. The molecule has 0 aromatic carbocycles. The molecule has 0 bridgehead atoms. The van der Waals surface area contributed by atoms with Gasteiger partial charge in [0, 0.05) is 11.8 Å². The zero-order valence-electron chi connectivity index (χ0n) is 9.25. The van der Waals surface area contributed by atoms with Crippen molar-refractivity contribution in [1.82, 2.24) is 5.32 Å². The van der Waals surface area contributed by atoms with Crippen molar-refractivity contribution in [2.45, 2.75) is 32.4 Å². The Morgan fingerprint density at radius 2 is 2.07 bits per heavy atom. The molecule has 0 aliphatic carbocycles. The zero-order valence-corrected chi connectivity index (χ0v) is 10.1. The zero-order chi connectivity index (χ0) is 11.0. The summed E-state index contributed by atoms with van der Waals surface area (Å²) in [6.07, 6.45) is 1.02. The SMILES string of the molecule is CC(C)CCNC(=O)CSC(C)CO. The van der Waals surface area contributed by atoms with Crippen LogP contribution in [0.1, 0.15) is 27.2 Å². The van der Waals surface area contributed by atoms with Gasteiger partial charge in [-0.3, -0.25) is 4.79 Å². The van der Waals surface area contributed by atoms with Crippen LogP contribution in [-0.4, -0.2) is 35.2 Å². The van der Waals surface area contributed by atoms with Crippen LogP contribution < -0.4 is 5.32 Å². The molecule has 0 aliphatic heterocycles. The average Bonchev–Trinajstić information content (AvgIpc) is 2.13. The highest BCUT2D eigenvalue weighted by Crippen LogP contribution is 2.08. The summed E-state index contributed by atoms with van der Waals surface area (Å²) >= 11 is 1.48. The fraction of sp³-hybridized carbons (Fsp3) is 0.900. The molecule has 0 saturated carbocycles. The van der Waals surface area contributed by atoms with Crippen LogP contribution >= 0.6 is 11.8 Å². The van der Waals surface area contributed by atoms with Gasteiger partial charge in [-0.05, 0) is 12.3 Å². The highest BCUT2D eigenvalue weighted by Gasteiger charge is 2.05. The van der Waals surface area contributed by atoms with Crippen LogP contribution in [-0.2, 0) is 4.79 Å². The second-order valence-electron chi connectivity index (χ2n) is 3.84. The lowest BCUT2D eigenvalue weighted by atomic mass is 10.1. The summed E-state index contributed by atoms with van der Waals surface area (Å²) in [6.45, 7) is 7.06. The molecule has 0 fully saturated rings. The van der Waals surface area contributed by atoms with E-state index in [1.165, 1.54) is 11.8 Å². The second-order valence-corrected chi connectivity index (χ2v) is 5.26. The molecule has 14 heavy (non-hydrogen) atoms. The molecule has 1 amide bonds. The molecule has 4 heteroatoms. The van der Waals surface area contributed by atoms with Crippen LogP contribution in [0.5, 0.6) is 0 Å². The van der Waals surface area contributed by atoms with Crippen molar-refractivity contribution in [2.75, 3.05) is 18.9 Å². The fourth-order valence-electron chi connectivity index (χ4n) is 0.822. The minimum absolute atomic E-state index is 0.0657. The third kappa shape index (κ3) is 8.38. The Kier molecular flexibility index (Phi) is 7.99. The van der Waals surface area contributed by atoms with Crippen molar-refractivity contribution < 1.29 is 9.90 Å². The van der Waals surface area contributed by atoms with Gasteiger partial charge in [0.05, 0.1) is 12.4 Å². The van der Waals surface area contributed by atoms with E-state index < -0.39 is 0 Å². The maximum absolute atomic E-state index is 11.2. The molecule has 0 heterocycles. The molecule has 0 rings (SSSR count). The number of carbonyl (C=O) groups excluding carboxylic acids is 1. The highest BCUT2D eigenvalue weighted by molar-refractivity contribution is 8.00. The quantitative estimate of drug-likeness (QED) is 0.678. The summed E-state index contributed by atoms with van der Waals surface area (Å²) in [5.41, 5.74) is 0. The largest absolute Gasteiger partial charge is 0.395 e. The fourth-order valence-corrected chi connectivity index (χ4v) is 1.47. The number of aliphatic hydroxyl groups is 1. The maximum atomic E-state index is 11.2. The maximum Gasteiger partial charge on any atom is 0.230 e. The number of rotatable bonds is 7. The first-order valence-electron chi connectivity index (χ1n) is 5.05. The number of thioether (sulfide) groups is 1. The van der Waals surface area contributed by atoms with Crippen molar-refractivity contribution in [3.05, 3.63) is 0 Å². The van der Waals surface area contributed by atoms with E-state index in [9.17, 15) is 4.79 Å². The lowest BCUT2D eigenvalue weighted by Gasteiger charge is -2.09. The molecule has 0 spiro atoms. The minimum atomic E-state index is 0.0657. The number of amides is 1. The number of hydrogen-bond donors (Lipinski definition) is 2. The van der Waals surface area contributed by atoms with Crippen LogP contribution in [0.2, 0.25) is 0 Å². The molecule has 0 radical (unpaired) electrons. The van der Waals surface area contributed by atoms with E-state index in [0.717, 1.165) is 13.0 Å². The Morgan fingerprint density at radius 3 is 2.57 bits per heavy atom. The van der Waals surface area contributed by atoms with E-state index >= 15 is 0 Å². The van der Waals surface area contributed by atoms with Crippen molar-refractivity contribution in [2.24, 2.45) is 5.92 Å². The molecule has 0 aliphatic rings. The van der Waals surface area contributed by atoms with Gasteiger partial charge in [0.25, 0.3) is 0 Å². The predicted octanol–water partition coefficient (Wildman–Crippen LogP) is 1.26. The Morgan fingerprint density at radius 1 is 1.43 bits per heavy atom. The van der Waals surface area contributed by atoms with Crippen LogP contribution in [0.15, 0.2) is 0 Å². The van der Waals surface area contributed by atoms with Crippen molar-refractivity contribution in [3.8, 4) is 0 Å². The summed E-state index contributed by atoms with van der Waals surface area (Å²) in [7, 11) is 0. The monoisotopic (exact) mass is 219 g/mol. The Bertz CT molecular complexity index is 162. The van der Waals surface area contributed by atoms with Crippen LogP contribution in [0, 0.1) is 5.92 Å². The van der Waals surface area contributed by atoms with Gasteiger partial charge in [0.2, 0.25) is 5.91 Å². The molecule has 1 unspecified atom stereocenters. The first-order valence-corrected chi connectivity index (χ1v) is 6.10. The van der Waals surface area contributed by atoms with Gasteiger partial charge < -0.3 is 10.4 Å². The van der Waals surface area contributed by atoms with E-state index in [1.807, 2.05) is 6.92 Å². The van der Waals surface area contributed by atoms with E-state index in [0.29, 0.717) is 11.7 Å². The molecular formula is C10H21NO2S. The topological polar surface area (TPSA) is 49.3 Å². The van der Waals surface area contributed by atoms with Gasteiger partial charge in [0.1, 0.15) is 0 Å². The van der Waals surface area contributed by atoms with Gasteiger partial charge in [-0.2, -0.15) is 0 Å². The average molecular weight is 219 g/mol. The Hall–Kier alpha value is -0.220. The molecule has 3 nitrogen and oxygen atoms in total. The lowest BCUT2D eigenvalue weighted by molar-refractivity contribution is -0.118. The van der Waals surface area contributed by atoms with Gasteiger partial charge >= 0.3 is 0 Å². The number of carbonyl (C=O) groups is 1. The van der Waals surface area contributed by atoms with Gasteiger partial charge in [0.15, 0.2) is 0 Å². The molecule has 0 saturated heterocycles. The van der Waals surface area contributed by atoms with Crippen molar-refractivity contribution >= 4 is 17.7 Å². The van der Waals surface area contributed by atoms with E-state index in [2.05, 4.69) is 19.2 Å². The number of nitrogens with one attached hydrogen (secondary N) is 1. The van der Waals surface area contributed by atoms with Crippen LogP contribution in [0.3, 0.4) is 0 Å². The van der Waals surface area contributed by atoms with Crippen molar-refractivity contribution in [1.29, 1.82) is 0 Å². The smallest absolute Gasteiger partial charge is 0.230 e. The minimum Gasteiger partial charge on any atom is -0.395 e.